The minimum absolute atomic E-state index is 0.437. The quantitative estimate of drug-likeness (QED) is 0.722. The van der Waals surface area contributed by atoms with Gasteiger partial charge in [0, 0.05) is 17.5 Å². The van der Waals surface area contributed by atoms with Crippen molar-refractivity contribution in [2.75, 3.05) is 24.7 Å². The summed E-state index contributed by atoms with van der Waals surface area (Å²) in [5.41, 5.74) is 0. The van der Waals surface area contributed by atoms with Crippen molar-refractivity contribution in [2.24, 2.45) is 5.92 Å². The first-order valence-electron chi connectivity index (χ1n) is 7.16. The number of nitrogens with one attached hydrogen (secondary N) is 1. The van der Waals surface area contributed by atoms with Gasteiger partial charge < -0.3 is 10.1 Å². The number of hydrogen-bond donors (Lipinski definition) is 1. The molecule has 1 rings (SSSR count). The van der Waals surface area contributed by atoms with Crippen LogP contribution in [0.1, 0.15) is 46.5 Å². The Balaban J connectivity index is 2.30. The summed E-state index contributed by atoms with van der Waals surface area (Å²) in [7, 11) is 0. The summed E-state index contributed by atoms with van der Waals surface area (Å²) in [6.45, 7) is 8.90. The largest absolute Gasteiger partial charge is 0.375 e. The molecule has 1 aliphatic heterocycles. The highest BCUT2D eigenvalue weighted by Gasteiger charge is 2.23. The lowest BCUT2D eigenvalue weighted by Gasteiger charge is -2.31. The summed E-state index contributed by atoms with van der Waals surface area (Å²) >= 11 is 2.04. The molecule has 0 aromatic heterocycles. The Hall–Kier alpha value is 0.270. The molecule has 0 aliphatic carbocycles. The van der Waals surface area contributed by atoms with Gasteiger partial charge in [-0.3, -0.25) is 0 Å². The van der Waals surface area contributed by atoms with Crippen LogP contribution in [0.2, 0.25) is 0 Å². The van der Waals surface area contributed by atoms with Gasteiger partial charge in [0.25, 0.3) is 0 Å². The second-order valence-corrected chi connectivity index (χ2v) is 6.52. The van der Waals surface area contributed by atoms with Gasteiger partial charge in [-0.2, -0.15) is 11.8 Å². The van der Waals surface area contributed by atoms with E-state index in [0.717, 1.165) is 19.1 Å². The Labute approximate surface area is 111 Å². The predicted octanol–water partition coefficient (Wildman–Crippen LogP) is 3.31. The Bertz CT molecular complexity index is 181. The van der Waals surface area contributed by atoms with E-state index < -0.39 is 0 Å². The second-order valence-electron chi connectivity index (χ2n) is 5.37. The fourth-order valence-electron chi connectivity index (χ4n) is 2.23. The molecule has 1 aliphatic rings. The summed E-state index contributed by atoms with van der Waals surface area (Å²) < 4.78 is 5.91. The van der Waals surface area contributed by atoms with Crippen LogP contribution < -0.4 is 5.32 Å². The van der Waals surface area contributed by atoms with Crippen LogP contribution in [0.15, 0.2) is 0 Å². The summed E-state index contributed by atoms with van der Waals surface area (Å²) in [5, 5.41) is 3.67. The second kappa shape index (κ2) is 9.23. The van der Waals surface area contributed by atoms with Crippen molar-refractivity contribution >= 4 is 11.8 Å². The topological polar surface area (TPSA) is 21.3 Å². The van der Waals surface area contributed by atoms with Crippen LogP contribution in [-0.2, 0) is 4.74 Å². The molecule has 3 heteroatoms. The number of rotatable bonds is 8. The first kappa shape index (κ1) is 15.3. The van der Waals surface area contributed by atoms with E-state index in [2.05, 4.69) is 26.1 Å². The van der Waals surface area contributed by atoms with Crippen molar-refractivity contribution in [3.8, 4) is 0 Å². The van der Waals surface area contributed by atoms with Crippen molar-refractivity contribution in [2.45, 2.75) is 58.6 Å². The van der Waals surface area contributed by atoms with Crippen LogP contribution in [0.5, 0.6) is 0 Å². The molecule has 1 fully saturated rings. The molecule has 0 bridgehead atoms. The summed E-state index contributed by atoms with van der Waals surface area (Å²) in [6.07, 6.45) is 5.57. The predicted molar refractivity (Wildman–Crippen MR) is 77.8 cm³/mol. The fourth-order valence-corrected chi connectivity index (χ4v) is 3.18. The first-order chi connectivity index (χ1) is 8.24. The molecule has 0 spiro atoms. The summed E-state index contributed by atoms with van der Waals surface area (Å²) in [6, 6.07) is 0.571. The molecule has 0 amide bonds. The van der Waals surface area contributed by atoms with E-state index in [1.165, 1.54) is 37.2 Å². The Kier molecular flexibility index (Phi) is 8.33. The van der Waals surface area contributed by atoms with Gasteiger partial charge in [0.1, 0.15) is 0 Å². The number of thioether (sulfide) groups is 1. The van der Waals surface area contributed by atoms with Crippen molar-refractivity contribution in [1.29, 1.82) is 0 Å². The molecule has 0 aromatic rings. The van der Waals surface area contributed by atoms with Gasteiger partial charge in [-0.25, -0.2) is 0 Å². The van der Waals surface area contributed by atoms with Crippen molar-refractivity contribution in [3.05, 3.63) is 0 Å². The van der Waals surface area contributed by atoms with E-state index >= 15 is 0 Å². The molecule has 1 heterocycles. The van der Waals surface area contributed by atoms with E-state index in [9.17, 15) is 0 Å². The van der Waals surface area contributed by atoms with E-state index in [4.69, 9.17) is 4.74 Å². The Morgan fingerprint density at radius 1 is 1.35 bits per heavy atom. The highest BCUT2D eigenvalue weighted by atomic mass is 32.2. The average molecular weight is 259 g/mol. The smallest absolute Gasteiger partial charge is 0.0818 e. The third-order valence-electron chi connectivity index (χ3n) is 3.24. The van der Waals surface area contributed by atoms with Crippen LogP contribution in [0.25, 0.3) is 0 Å². The van der Waals surface area contributed by atoms with Gasteiger partial charge in [0.15, 0.2) is 0 Å². The van der Waals surface area contributed by atoms with E-state index in [0.29, 0.717) is 12.1 Å². The van der Waals surface area contributed by atoms with Gasteiger partial charge in [0.2, 0.25) is 0 Å². The van der Waals surface area contributed by atoms with Crippen LogP contribution in [0.3, 0.4) is 0 Å². The minimum atomic E-state index is 0.437. The molecule has 17 heavy (non-hydrogen) atoms. The average Bonchev–Trinajstić information content (AvgIpc) is 2.34. The molecule has 0 aromatic carbocycles. The number of ether oxygens (including phenoxy) is 1. The molecular formula is C14H29NOS. The lowest BCUT2D eigenvalue weighted by atomic mass is 10.00. The third kappa shape index (κ3) is 6.68. The standard InChI is InChI=1S/C14H29NOS/c1-4-8-15-13(7-5-6-12(2)3)14-11-17-10-9-16-14/h12-15H,4-11H2,1-3H3. The minimum Gasteiger partial charge on any atom is -0.375 e. The Morgan fingerprint density at radius 3 is 2.76 bits per heavy atom. The maximum atomic E-state index is 5.91. The van der Waals surface area contributed by atoms with Crippen molar-refractivity contribution < 1.29 is 4.74 Å². The van der Waals surface area contributed by atoms with E-state index in [1.807, 2.05) is 11.8 Å². The molecule has 0 radical (unpaired) electrons. The van der Waals surface area contributed by atoms with Gasteiger partial charge in [-0.15, -0.1) is 0 Å². The summed E-state index contributed by atoms with van der Waals surface area (Å²) in [4.78, 5) is 0. The SMILES string of the molecule is CCCNC(CCCC(C)C)C1CSCCO1. The maximum absolute atomic E-state index is 5.91. The molecule has 2 atom stereocenters. The number of hydrogen-bond acceptors (Lipinski definition) is 3. The lowest BCUT2D eigenvalue weighted by molar-refractivity contribution is 0.0439. The maximum Gasteiger partial charge on any atom is 0.0818 e. The molecule has 2 unspecified atom stereocenters. The van der Waals surface area contributed by atoms with Gasteiger partial charge in [-0.05, 0) is 25.3 Å². The molecule has 102 valence electrons. The molecule has 1 saturated heterocycles. The van der Waals surface area contributed by atoms with Crippen LogP contribution in [0.4, 0.5) is 0 Å². The Morgan fingerprint density at radius 2 is 2.18 bits per heavy atom. The zero-order chi connectivity index (χ0) is 12.5. The van der Waals surface area contributed by atoms with Gasteiger partial charge >= 0.3 is 0 Å². The molecule has 2 nitrogen and oxygen atoms in total. The van der Waals surface area contributed by atoms with Crippen LogP contribution >= 0.6 is 11.8 Å². The third-order valence-corrected chi connectivity index (χ3v) is 4.26. The van der Waals surface area contributed by atoms with Gasteiger partial charge in [-0.1, -0.05) is 33.6 Å². The van der Waals surface area contributed by atoms with Crippen molar-refractivity contribution in [1.82, 2.24) is 5.32 Å². The first-order valence-corrected chi connectivity index (χ1v) is 8.32. The highest BCUT2D eigenvalue weighted by molar-refractivity contribution is 7.99. The zero-order valence-electron chi connectivity index (χ0n) is 11.7. The van der Waals surface area contributed by atoms with Crippen LogP contribution in [0, 0.1) is 5.92 Å². The summed E-state index contributed by atoms with van der Waals surface area (Å²) in [5.74, 6) is 3.16. The van der Waals surface area contributed by atoms with Crippen LogP contribution in [-0.4, -0.2) is 36.8 Å². The molecule has 0 saturated carbocycles. The van der Waals surface area contributed by atoms with Gasteiger partial charge in [0.05, 0.1) is 12.7 Å². The van der Waals surface area contributed by atoms with Crippen molar-refractivity contribution in [3.63, 3.8) is 0 Å². The normalized spacial score (nSPS) is 22.9. The fraction of sp³-hybridized carbons (Fsp3) is 1.00. The molecule has 1 N–H and O–H groups in total. The lowest BCUT2D eigenvalue weighted by Crippen LogP contribution is -2.45. The monoisotopic (exact) mass is 259 g/mol. The molecular weight excluding hydrogens is 230 g/mol. The van der Waals surface area contributed by atoms with E-state index in [1.54, 1.807) is 0 Å². The zero-order valence-corrected chi connectivity index (χ0v) is 12.5. The van der Waals surface area contributed by atoms with E-state index in [-0.39, 0.29) is 0 Å². The highest BCUT2D eigenvalue weighted by Crippen LogP contribution is 2.19.